The topological polar surface area (TPSA) is 70.2 Å². The number of ether oxygens (including phenoxy) is 1. The van der Waals surface area contributed by atoms with Crippen molar-refractivity contribution in [2.45, 2.75) is 37.6 Å². The molecular weight excluding hydrogens is 256 g/mol. The minimum absolute atomic E-state index is 0.0879. The van der Waals surface area contributed by atoms with Crippen molar-refractivity contribution in [1.82, 2.24) is 15.3 Å². The molecule has 0 radical (unpaired) electrons. The van der Waals surface area contributed by atoms with Crippen molar-refractivity contribution in [3.05, 3.63) is 16.7 Å². The van der Waals surface area contributed by atoms with Gasteiger partial charge in [0.2, 0.25) is 5.75 Å². The highest BCUT2D eigenvalue weighted by molar-refractivity contribution is 5.54. The molecule has 0 bridgehead atoms. The fourth-order valence-electron chi connectivity index (χ4n) is 3.59. The van der Waals surface area contributed by atoms with Gasteiger partial charge in [0.1, 0.15) is 0 Å². The SMILES string of the molecule is COc1c(N2CCNCC23CCCCC3)nc[nH]c1=O. The molecule has 2 fully saturated rings. The van der Waals surface area contributed by atoms with Crippen LogP contribution in [0.2, 0.25) is 0 Å². The van der Waals surface area contributed by atoms with Gasteiger partial charge in [-0.15, -0.1) is 0 Å². The van der Waals surface area contributed by atoms with Crippen LogP contribution in [0.15, 0.2) is 11.1 Å². The van der Waals surface area contributed by atoms with E-state index < -0.39 is 0 Å². The van der Waals surface area contributed by atoms with Gasteiger partial charge in [-0.25, -0.2) is 4.98 Å². The molecule has 2 aliphatic rings. The van der Waals surface area contributed by atoms with Gasteiger partial charge in [0.05, 0.1) is 19.0 Å². The van der Waals surface area contributed by atoms with Crippen LogP contribution < -0.4 is 20.5 Å². The summed E-state index contributed by atoms with van der Waals surface area (Å²) in [5.41, 5.74) is -0.119. The van der Waals surface area contributed by atoms with Crippen molar-refractivity contribution in [3.63, 3.8) is 0 Å². The molecule has 1 aromatic heterocycles. The highest BCUT2D eigenvalue weighted by atomic mass is 16.5. The minimum atomic E-state index is -0.206. The Morgan fingerprint density at radius 3 is 2.90 bits per heavy atom. The van der Waals surface area contributed by atoms with Gasteiger partial charge in [-0.2, -0.15) is 0 Å². The predicted molar refractivity (Wildman–Crippen MR) is 77.4 cm³/mol. The Morgan fingerprint density at radius 1 is 1.35 bits per heavy atom. The van der Waals surface area contributed by atoms with Crippen LogP contribution >= 0.6 is 0 Å². The minimum Gasteiger partial charge on any atom is -0.489 e. The molecular formula is C14H22N4O2. The number of piperazine rings is 1. The standard InChI is InChI=1S/C14H22N4O2/c1-20-11-12(16-10-17-13(11)19)18-8-7-15-9-14(18)5-3-2-4-6-14/h10,15H,2-9H2,1H3,(H,16,17,19). The van der Waals surface area contributed by atoms with Crippen LogP contribution in [0.3, 0.4) is 0 Å². The summed E-state index contributed by atoms with van der Waals surface area (Å²) in [6, 6.07) is 0. The molecule has 20 heavy (non-hydrogen) atoms. The summed E-state index contributed by atoms with van der Waals surface area (Å²) < 4.78 is 5.30. The third-order valence-corrected chi connectivity index (χ3v) is 4.57. The van der Waals surface area contributed by atoms with Crippen molar-refractivity contribution in [1.29, 1.82) is 0 Å². The largest absolute Gasteiger partial charge is 0.489 e. The van der Waals surface area contributed by atoms with Crippen molar-refractivity contribution in [3.8, 4) is 5.75 Å². The maximum atomic E-state index is 11.9. The zero-order valence-corrected chi connectivity index (χ0v) is 11.9. The van der Waals surface area contributed by atoms with Crippen molar-refractivity contribution in [2.75, 3.05) is 31.6 Å². The molecule has 1 aliphatic heterocycles. The Balaban J connectivity index is 2.02. The summed E-state index contributed by atoms with van der Waals surface area (Å²) in [5.74, 6) is 1.03. The number of aromatic nitrogens is 2. The van der Waals surface area contributed by atoms with E-state index >= 15 is 0 Å². The van der Waals surface area contributed by atoms with Crippen LogP contribution in [0.4, 0.5) is 5.82 Å². The maximum Gasteiger partial charge on any atom is 0.295 e. The average molecular weight is 278 g/mol. The lowest BCUT2D eigenvalue weighted by Crippen LogP contribution is -2.62. The molecule has 2 N–H and O–H groups in total. The first-order valence-corrected chi connectivity index (χ1v) is 7.37. The Labute approximate surface area is 118 Å². The van der Waals surface area contributed by atoms with Gasteiger partial charge < -0.3 is 19.9 Å². The molecule has 6 nitrogen and oxygen atoms in total. The number of nitrogens with zero attached hydrogens (tertiary/aromatic N) is 2. The van der Waals surface area contributed by atoms with Crippen LogP contribution in [0.25, 0.3) is 0 Å². The number of nitrogens with one attached hydrogen (secondary N) is 2. The second kappa shape index (κ2) is 5.44. The van der Waals surface area contributed by atoms with E-state index in [4.69, 9.17) is 4.74 Å². The number of hydrogen-bond donors (Lipinski definition) is 2. The molecule has 0 atom stereocenters. The first kappa shape index (κ1) is 13.4. The first-order valence-electron chi connectivity index (χ1n) is 7.37. The van der Waals surface area contributed by atoms with E-state index in [1.807, 2.05) is 0 Å². The monoisotopic (exact) mass is 278 g/mol. The van der Waals surface area contributed by atoms with Crippen LogP contribution in [0, 0.1) is 0 Å². The number of hydrogen-bond acceptors (Lipinski definition) is 5. The van der Waals surface area contributed by atoms with Crippen LogP contribution in [0.1, 0.15) is 32.1 Å². The highest BCUT2D eigenvalue weighted by Gasteiger charge is 2.41. The number of aromatic amines is 1. The fraction of sp³-hybridized carbons (Fsp3) is 0.714. The van der Waals surface area contributed by atoms with Crippen molar-refractivity contribution < 1.29 is 4.74 Å². The second-order valence-corrected chi connectivity index (χ2v) is 5.70. The van der Waals surface area contributed by atoms with Crippen molar-refractivity contribution in [2.24, 2.45) is 0 Å². The fourth-order valence-corrected chi connectivity index (χ4v) is 3.59. The van der Waals surface area contributed by atoms with E-state index in [1.54, 1.807) is 0 Å². The summed E-state index contributed by atoms with van der Waals surface area (Å²) in [6.45, 7) is 2.75. The molecule has 0 unspecified atom stereocenters. The maximum absolute atomic E-state index is 11.9. The smallest absolute Gasteiger partial charge is 0.295 e. The van der Waals surface area contributed by atoms with Crippen LogP contribution in [-0.2, 0) is 0 Å². The quantitative estimate of drug-likeness (QED) is 0.841. The second-order valence-electron chi connectivity index (χ2n) is 5.70. The zero-order valence-electron chi connectivity index (χ0n) is 11.9. The van der Waals surface area contributed by atoms with Gasteiger partial charge in [-0.05, 0) is 12.8 Å². The molecule has 1 saturated carbocycles. The zero-order chi connectivity index (χ0) is 14.0. The Morgan fingerprint density at radius 2 is 2.15 bits per heavy atom. The third-order valence-electron chi connectivity index (χ3n) is 4.57. The third kappa shape index (κ3) is 2.18. The Hall–Kier alpha value is -1.56. The summed E-state index contributed by atoms with van der Waals surface area (Å²) in [4.78, 5) is 21.2. The first-order chi connectivity index (χ1) is 9.77. The van der Waals surface area contributed by atoms with E-state index in [0.717, 1.165) is 32.5 Å². The lowest BCUT2D eigenvalue weighted by atomic mass is 9.79. The number of rotatable bonds is 2. The normalized spacial score (nSPS) is 21.9. The summed E-state index contributed by atoms with van der Waals surface area (Å²) in [7, 11) is 1.53. The summed E-state index contributed by atoms with van der Waals surface area (Å²) in [5, 5.41) is 3.50. The molecule has 110 valence electrons. The average Bonchev–Trinajstić information content (AvgIpc) is 2.48. The summed E-state index contributed by atoms with van der Waals surface area (Å²) in [6.07, 6.45) is 7.55. The Bertz CT molecular complexity index is 514. The predicted octanol–water partition coefficient (Wildman–Crippen LogP) is 0.891. The van der Waals surface area contributed by atoms with E-state index in [0.29, 0.717) is 11.6 Å². The van der Waals surface area contributed by atoms with Gasteiger partial charge in [-0.3, -0.25) is 4.79 Å². The van der Waals surface area contributed by atoms with Crippen molar-refractivity contribution >= 4 is 5.82 Å². The van der Waals surface area contributed by atoms with Gasteiger partial charge in [0.25, 0.3) is 5.56 Å². The highest BCUT2D eigenvalue weighted by Crippen LogP contribution is 2.38. The van der Waals surface area contributed by atoms with E-state index in [2.05, 4.69) is 20.2 Å². The molecule has 1 aromatic rings. The molecule has 0 aromatic carbocycles. The number of H-pyrrole nitrogens is 1. The molecule has 3 rings (SSSR count). The van der Waals surface area contributed by atoms with E-state index in [9.17, 15) is 4.79 Å². The van der Waals surface area contributed by atoms with E-state index in [1.165, 1.54) is 32.7 Å². The molecule has 1 saturated heterocycles. The van der Waals surface area contributed by atoms with Gasteiger partial charge >= 0.3 is 0 Å². The molecule has 2 heterocycles. The molecule has 1 spiro atoms. The van der Waals surface area contributed by atoms with Gasteiger partial charge in [0, 0.05) is 19.6 Å². The summed E-state index contributed by atoms with van der Waals surface area (Å²) >= 11 is 0. The van der Waals surface area contributed by atoms with Crippen LogP contribution in [-0.4, -0.2) is 42.3 Å². The van der Waals surface area contributed by atoms with Crippen LogP contribution in [0.5, 0.6) is 5.75 Å². The molecule has 0 amide bonds. The lowest BCUT2D eigenvalue weighted by molar-refractivity contribution is 0.237. The van der Waals surface area contributed by atoms with Gasteiger partial charge in [-0.1, -0.05) is 19.3 Å². The molecule has 6 heteroatoms. The lowest BCUT2D eigenvalue weighted by Gasteiger charge is -2.50. The van der Waals surface area contributed by atoms with E-state index in [-0.39, 0.29) is 11.1 Å². The number of methoxy groups -OCH3 is 1. The van der Waals surface area contributed by atoms with Gasteiger partial charge in [0.15, 0.2) is 5.82 Å². The number of anilines is 1. The molecule has 1 aliphatic carbocycles. The Kier molecular flexibility index (Phi) is 3.65.